The van der Waals surface area contributed by atoms with Crippen molar-refractivity contribution in [2.75, 3.05) is 0 Å². The summed E-state index contributed by atoms with van der Waals surface area (Å²) in [7, 11) is 1.90. The molecule has 2 rings (SSSR count). The third-order valence-electron chi connectivity index (χ3n) is 2.21. The number of fused-ring (bicyclic) bond motifs is 1. The molecule has 3 nitrogen and oxygen atoms in total. The molecule has 0 saturated heterocycles. The Labute approximate surface area is 86.8 Å². The van der Waals surface area contributed by atoms with Crippen LogP contribution in [0.15, 0.2) is 18.2 Å². The molecule has 0 N–H and O–H groups in total. The van der Waals surface area contributed by atoms with Gasteiger partial charge in [-0.05, 0) is 12.1 Å². The number of nitrogens with zero attached hydrogens (tertiary/aromatic N) is 3. The lowest BCUT2D eigenvalue weighted by Gasteiger charge is -1.97. The van der Waals surface area contributed by atoms with E-state index in [4.69, 9.17) is 18.2 Å². The van der Waals surface area contributed by atoms with Gasteiger partial charge in [-0.2, -0.15) is 0 Å². The van der Waals surface area contributed by atoms with Crippen LogP contribution in [0, 0.1) is 6.57 Å². The Morgan fingerprint density at radius 1 is 1.57 bits per heavy atom. The smallest absolute Gasteiger partial charge is 0.189 e. The topological polar surface area (TPSA) is 22.2 Å². The molecule has 14 heavy (non-hydrogen) atoms. The highest BCUT2D eigenvalue weighted by molar-refractivity contribution is 6.16. The molecule has 4 heteroatoms. The number of halogens is 1. The lowest BCUT2D eigenvalue weighted by atomic mass is 10.3. The van der Waals surface area contributed by atoms with Gasteiger partial charge in [-0.15, -0.1) is 11.6 Å². The molecule has 70 valence electrons. The Balaban J connectivity index is 2.75. The molecule has 0 fully saturated rings. The molecule has 0 aliphatic heterocycles. The summed E-state index contributed by atoms with van der Waals surface area (Å²) in [5, 5.41) is 0. The summed E-state index contributed by atoms with van der Waals surface area (Å²) >= 11 is 5.73. The van der Waals surface area contributed by atoms with Crippen LogP contribution in [0.2, 0.25) is 0 Å². The van der Waals surface area contributed by atoms with Crippen LogP contribution in [0.1, 0.15) is 5.82 Å². The molecule has 0 bridgehead atoms. The molecule has 0 unspecified atom stereocenters. The van der Waals surface area contributed by atoms with E-state index in [1.54, 1.807) is 6.07 Å². The highest BCUT2D eigenvalue weighted by atomic mass is 35.5. The van der Waals surface area contributed by atoms with Gasteiger partial charge in [0, 0.05) is 7.05 Å². The van der Waals surface area contributed by atoms with Crippen molar-refractivity contribution in [2.45, 2.75) is 5.88 Å². The lowest BCUT2D eigenvalue weighted by Crippen LogP contribution is -1.93. The summed E-state index contributed by atoms with van der Waals surface area (Å²) in [6, 6.07) is 5.44. The Bertz CT molecular complexity index is 522. The van der Waals surface area contributed by atoms with Gasteiger partial charge in [-0.1, -0.05) is 6.07 Å². The summed E-state index contributed by atoms with van der Waals surface area (Å²) in [5.41, 5.74) is 2.46. The molecular formula is C10H8ClN3. The van der Waals surface area contributed by atoms with E-state index < -0.39 is 0 Å². The standard InChI is InChI=1S/C10H8ClN3/c1-12-7-3-4-8-9(5-7)14(2)10(6-11)13-8/h3-5H,6H2,2H3. The SMILES string of the molecule is [C-]#[N+]c1ccc2nc(CCl)n(C)c2c1. The van der Waals surface area contributed by atoms with Gasteiger partial charge >= 0.3 is 0 Å². The Kier molecular flexibility index (Phi) is 2.14. The fraction of sp³-hybridized carbons (Fsp3) is 0.200. The zero-order valence-corrected chi connectivity index (χ0v) is 8.41. The van der Waals surface area contributed by atoms with Gasteiger partial charge in [0.25, 0.3) is 0 Å². The summed E-state index contributed by atoms with van der Waals surface area (Å²) < 4.78 is 1.91. The van der Waals surface area contributed by atoms with Crippen LogP contribution >= 0.6 is 11.6 Å². The van der Waals surface area contributed by atoms with Crippen LogP contribution in [0.5, 0.6) is 0 Å². The van der Waals surface area contributed by atoms with E-state index in [1.165, 1.54) is 0 Å². The summed E-state index contributed by atoms with van der Waals surface area (Å²) in [6.07, 6.45) is 0. The Morgan fingerprint density at radius 3 is 3.00 bits per heavy atom. The third kappa shape index (κ3) is 1.24. The maximum atomic E-state index is 6.91. The molecular weight excluding hydrogens is 198 g/mol. The first-order chi connectivity index (χ1) is 6.76. The molecule has 1 aromatic carbocycles. The Hall–Kier alpha value is -1.53. The van der Waals surface area contributed by atoms with Crippen molar-refractivity contribution in [3.8, 4) is 0 Å². The maximum absolute atomic E-state index is 6.91. The second kappa shape index (κ2) is 3.32. The largest absolute Gasteiger partial charge is 0.331 e. The number of aryl methyl sites for hydroxylation is 1. The third-order valence-corrected chi connectivity index (χ3v) is 2.44. The van der Waals surface area contributed by atoms with Crippen LogP contribution in [-0.2, 0) is 12.9 Å². The highest BCUT2D eigenvalue weighted by Crippen LogP contribution is 2.21. The second-order valence-electron chi connectivity index (χ2n) is 3.01. The van der Waals surface area contributed by atoms with Crippen LogP contribution in [0.3, 0.4) is 0 Å². The van der Waals surface area contributed by atoms with Gasteiger partial charge in [0.15, 0.2) is 5.69 Å². The van der Waals surface area contributed by atoms with E-state index in [0.29, 0.717) is 11.6 Å². The van der Waals surface area contributed by atoms with Crippen molar-refractivity contribution in [1.29, 1.82) is 0 Å². The molecule has 0 saturated carbocycles. The van der Waals surface area contributed by atoms with Gasteiger partial charge in [-0.25, -0.2) is 9.83 Å². The Morgan fingerprint density at radius 2 is 2.36 bits per heavy atom. The number of alkyl halides is 1. The van der Waals surface area contributed by atoms with E-state index in [9.17, 15) is 0 Å². The molecule has 0 aliphatic carbocycles. The minimum Gasteiger partial charge on any atom is -0.331 e. The van der Waals surface area contributed by atoms with Crippen LogP contribution in [-0.4, -0.2) is 9.55 Å². The first-order valence-electron chi connectivity index (χ1n) is 4.15. The van der Waals surface area contributed by atoms with Crippen molar-refractivity contribution >= 4 is 28.3 Å². The fourth-order valence-electron chi connectivity index (χ4n) is 1.42. The number of rotatable bonds is 1. The number of imidazole rings is 1. The molecule has 0 aliphatic rings. The molecule has 0 atom stereocenters. The zero-order chi connectivity index (χ0) is 10.1. The van der Waals surface area contributed by atoms with Gasteiger partial charge in [-0.3, -0.25) is 0 Å². The highest BCUT2D eigenvalue weighted by Gasteiger charge is 2.06. The van der Waals surface area contributed by atoms with E-state index >= 15 is 0 Å². The zero-order valence-electron chi connectivity index (χ0n) is 7.66. The van der Waals surface area contributed by atoms with Crippen molar-refractivity contribution in [3.63, 3.8) is 0 Å². The van der Waals surface area contributed by atoms with Crippen molar-refractivity contribution < 1.29 is 0 Å². The van der Waals surface area contributed by atoms with E-state index in [1.807, 2.05) is 23.7 Å². The maximum Gasteiger partial charge on any atom is 0.189 e. The first-order valence-corrected chi connectivity index (χ1v) is 4.68. The predicted molar refractivity (Wildman–Crippen MR) is 56.5 cm³/mol. The molecule has 1 heterocycles. The summed E-state index contributed by atoms with van der Waals surface area (Å²) in [5.74, 6) is 1.21. The van der Waals surface area contributed by atoms with E-state index in [2.05, 4.69) is 9.83 Å². The molecule has 0 radical (unpaired) electrons. The van der Waals surface area contributed by atoms with Crippen LogP contribution < -0.4 is 0 Å². The van der Waals surface area contributed by atoms with Gasteiger partial charge in [0.1, 0.15) is 5.82 Å². The van der Waals surface area contributed by atoms with Gasteiger partial charge in [0.2, 0.25) is 0 Å². The van der Waals surface area contributed by atoms with E-state index in [0.717, 1.165) is 16.9 Å². The van der Waals surface area contributed by atoms with Crippen molar-refractivity contribution in [3.05, 3.63) is 35.4 Å². The second-order valence-corrected chi connectivity index (χ2v) is 3.27. The monoisotopic (exact) mass is 205 g/mol. The van der Waals surface area contributed by atoms with Gasteiger partial charge < -0.3 is 4.57 Å². The molecule has 1 aromatic heterocycles. The quantitative estimate of drug-likeness (QED) is 0.519. The van der Waals surface area contributed by atoms with Gasteiger partial charge in [0.05, 0.1) is 23.5 Å². The van der Waals surface area contributed by atoms with E-state index in [-0.39, 0.29) is 0 Å². The fourth-order valence-corrected chi connectivity index (χ4v) is 1.66. The average molecular weight is 206 g/mol. The first kappa shape index (κ1) is 9.04. The van der Waals surface area contributed by atoms with Crippen LogP contribution in [0.25, 0.3) is 15.9 Å². The van der Waals surface area contributed by atoms with Crippen molar-refractivity contribution in [2.24, 2.45) is 7.05 Å². The number of hydrogen-bond donors (Lipinski definition) is 0. The normalized spacial score (nSPS) is 10.4. The van der Waals surface area contributed by atoms with Crippen molar-refractivity contribution in [1.82, 2.24) is 9.55 Å². The number of hydrogen-bond acceptors (Lipinski definition) is 1. The summed E-state index contributed by atoms with van der Waals surface area (Å²) in [4.78, 5) is 7.71. The molecule has 0 amide bonds. The summed E-state index contributed by atoms with van der Waals surface area (Å²) in [6.45, 7) is 6.91. The molecule has 0 spiro atoms. The number of benzene rings is 1. The predicted octanol–water partition coefficient (Wildman–Crippen LogP) is 2.86. The minimum absolute atomic E-state index is 0.387. The number of aromatic nitrogens is 2. The molecule has 2 aromatic rings. The average Bonchev–Trinajstić information content (AvgIpc) is 2.55. The lowest BCUT2D eigenvalue weighted by molar-refractivity contribution is 0.874. The minimum atomic E-state index is 0.387. The van der Waals surface area contributed by atoms with Crippen LogP contribution in [0.4, 0.5) is 5.69 Å².